The molecule has 0 aromatic carbocycles. The van der Waals surface area contributed by atoms with E-state index in [-0.39, 0.29) is 17.4 Å². The number of hydrogen-bond donors (Lipinski definition) is 2. The lowest BCUT2D eigenvalue weighted by molar-refractivity contribution is 0.0536. The van der Waals surface area contributed by atoms with Gasteiger partial charge in [0.1, 0.15) is 11.5 Å². The van der Waals surface area contributed by atoms with Crippen LogP contribution in [0.2, 0.25) is 5.02 Å². The van der Waals surface area contributed by atoms with Crippen LogP contribution in [0.5, 0.6) is 0 Å². The Morgan fingerprint density at radius 1 is 1.61 bits per heavy atom. The van der Waals surface area contributed by atoms with Crippen LogP contribution in [0.1, 0.15) is 23.3 Å². The quantitative estimate of drug-likeness (QED) is 0.871. The number of anilines is 1. The van der Waals surface area contributed by atoms with Gasteiger partial charge in [-0.25, -0.2) is 4.98 Å². The largest absolute Gasteiger partial charge is 0.384 e. The smallest absolute Gasteiger partial charge is 0.271 e. The van der Waals surface area contributed by atoms with Crippen LogP contribution in [0.15, 0.2) is 12.1 Å². The topological polar surface area (TPSA) is 77.2 Å². The number of rotatable bonds is 3. The first kappa shape index (κ1) is 13.1. The maximum atomic E-state index is 11.9. The molecule has 1 unspecified atom stereocenters. The minimum Gasteiger partial charge on any atom is -0.384 e. The molecule has 1 atom stereocenters. The molecular weight excluding hydrogens is 254 g/mol. The van der Waals surface area contributed by atoms with Crippen LogP contribution in [0, 0.1) is 5.92 Å². The Bertz CT molecular complexity index is 433. The van der Waals surface area contributed by atoms with Gasteiger partial charge >= 0.3 is 0 Å². The molecule has 1 aromatic heterocycles. The van der Waals surface area contributed by atoms with Gasteiger partial charge in [-0.3, -0.25) is 4.79 Å². The normalized spacial score (nSPS) is 19.5. The van der Waals surface area contributed by atoms with E-state index in [1.54, 1.807) is 12.1 Å². The second-order valence-corrected chi connectivity index (χ2v) is 4.77. The van der Waals surface area contributed by atoms with Crippen LogP contribution in [-0.4, -0.2) is 30.6 Å². The van der Waals surface area contributed by atoms with E-state index in [0.717, 1.165) is 19.4 Å². The molecule has 3 N–H and O–H groups in total. The molecule has 1 aliphatic rings. The van der Waals surface area contributed by atoms with E-state index in [1.165, 1.54) is 0 Å². The number of nitrogens with zero attached hydrogens (tertiary/aromatic N) is 1. The molecule has 2 rings (SSSR count). The highest BCUT2D eigenvalue weighted by atomic mass is 35.5. The van der Waals surface area contributed by atoms with Crippen LogP contribution in [0.25, 0.3) is 0 Å². The molecule has 5 nitrogen and oxygen atoms in total. The zero-order valence-electron chi connectivity index (χ0n) is 9.99. The molecule has 0 spiro atoms. The van der Waals surface area contributed by atoms with Gasteiger partial charge in [-0.1, -0.05) is 11.6 Å². The number of carbonyl (C=O) groups is 1. The lowest BCUT2D eigenvalue weighted by Gasteiger charge is -2.22. The third-order valence-electron chi connectivity index (χ3n) is 2.89. The molecule has 0 aliphatic carbocycles. The van der Waals surface area contributed by atoms with Gasteiger partial charge in [0.2, 0.25) is 0 Å². The van der Waals surface area contributed by atoms with Crippen molar-refractivity contribution in [1.29, 1.82) is 0 Å². The number of hydrogen-bond acceptors (Lipinski definition) is 4. The molecule has 1 aromatic rings. The molecule has 98 valence electrons. The van der Waals surface area contributed by atoms with Crippen LogP contribution in [0.4, 0.5) is 5.82 Å². The lowest BCUT2D eigenvalue weighted by Crippen LogP contribution is -2.33. The predicted molar refractivity (Wildman–Crippen MR) is 69.5 cm³/mol. The van der Waals surface area contributed by atoms with Gasteiger partial charge in [0.05, 0.1) is 11.6 Å². The number of nitrogen functional groups attached to an aromatic ring is 1. The summed E-state index contributed by atoms with van der Waals surface area (Å²) in [6.07, 6.45) is 2.11. The molecule has 0 saturated carbocycles. The average molecular weight is 270 g/mol. The van der Waals surface area contributed by atoms with Gasteiger partial charge in [-0.15, -0.1) is 0 Å². The van der Waals surface area contributed by atoms with Crippen molar-refractivity contribution in [1.82, 2.24) is 10.3 Å². The number of amides is 1. The number of carbonyl (C=O) groups excluding carboxylic acids is 1. The molecule has 0 radical (unpaired) electrons. The number of nitrogens with one attached hydrogen (secondary N) is 1. The summed E-state index contributed by atoms with van der Waals surface area (Å²) in [4.78, 5) is 15.8. The number of halogens is 1. The standard InChI is InChI=1S/C12H16ClN3O2/c13-9-3-4-10(14)16-11(9)12(17)15-6-8-2-1-5-18-7-8/h3-4,8H,1-2,5-7H2,(H2,14,16)(H,15,17). The zero-order valence-corrected chi connectivity index (χ0v) is 10.7. The highest BCUT2D eigenvalue weighted by Crippen LogP contribution is 2.16. The number of nitrogens with two attached hydrogens (primary N) is 1. The van der Waals surface area contributed by atoms with Crippen molar-refractivity contribution >= 4 is 23.3 Å². The number of ether oxygens (including phenoxy) is 1. The van der Waals surface area contributed by atoms with Crippen molar-refractivity contribution < 1.29 is 9.53 Å². The first-order valence-corrected chi connectivity index (χ1v) is 6.32. The monoisotopic (exact) mass is 269 g/mol. The van der Waals surface area contributed by atoms with Crippen molar-refractivity contribution in [3.63, 3.8) is 0 Å². The molecule has 1 amide bonds. The van der Waals surface area contributed by atoms with Crippen LogP contribution >= 0.6 is 11.6 Å². The van der Waals surface area contributed by atoms with Crippen molar-refractivity contribution in [2.24, 2.45) is 5.92 Å². The van der Waals surface area contributed by atoms with Gasteiger partial charge in [0.15, 0.2) is 0 Å². The van der Waals surface area contributed by atoms with E-state index in [0.29, 0.717) is 24.1 Å². The molecule has 1 fully saturated rings. The minimum absolute atomic E-state index is 0.174. The van der Waals surface area contributed by atoms with Crippen molar-refractivity contribution in [3.8, 4) is 0 Å². The van der Waals surface area contributed by atoms with E-state index >= 15 is 0 Å². The van der Waals surface area contributed by atoms with Crippen molar-refractivity contribution in [2.75, 3.05) is 25.5 Å². The van der Waals surface area contributed by atoms with E-state index in [1.807, 2.05) is 0 Å². The lowest BCUT2D eigenvalue weighted by atomic mass is 10.0. The van der Waals surface area contributed by atoms with Gasteiger partial charge in [0, 0.05) is 13.2 Å². The summed E-state index contributed by atoms with van der Waals surface area (Å²) in [5, 5.41) is 3.12. The fourth-order valence-electron chi connectivity index (χ4n) is 1.91. The van der Waals surface area contributed by atoms with Crippen LogP contribution in [0.3, 0.4) is 0 Å². The Hall–Kier alpha value is -1.33. The van der Waals surface area contributed by atoms with Gasteiger partial charge in [0.25, 0.3) is 5.91 Å². The van der Waals surface area contributed by atoms with Gasteiger partial charge in [-0.05, 0) is 30.9 Å². The summed E-state index contributed by atoms with van der Waals surface area (Å²) in [6, 6.07) is 3.14. The first-order chi connectivity index (χ1) is 8.66. The zero-order chi connectivity index (χ0) is 13.0. The first-order valence-electron chi connectivity index (χ1n) is 5.95. The summed E-state index contributed by atoms with van der Waals surface area (Å²) in [6.45, 7) is 2.08. The summed E-state index contributed by atoms with van der Waals surface area (Å²) in [5.74, 6) is 0.353. The highest BCUT2D eigenvalue weighted by Gasteiger charge is 2.17. The number of pyridine rings is 1. The van der Waals surface area contributed by atoms with Gasteiger partial charge < -0.3 is 15.8 Å². The Balaban J connectivity index is 1.92. The van der Waals surface area contributed by atoms with E-state index in [4.69, 9.17) is 22.1 Å². The second-order valence-electron chi connectivity index (χ2n) is 4.36. The maximum Gasteiger partial charge on any atom is 0.271 e. The molecule has 18 heavy (non-hydrogen) atoms. The summed E-state index contributed by atoms with van der Waals surface area (Å²) in [7, 11) is 0. The number of aromatic nitrogens is 1. The molecule has 1 aliphatic heterocycles. The minimum atomic E-state index is -0.294. The Morgan fingerprint density at radius 3 is 3.17 bits per heavy atom. The third kappa shape index (κ3) is 3.34. The molecule has 6 heteroatoms. The summed E-state index contributed by atoms with van der Waals surface area (Å²) >= 11 is 5.91. The van der Waals surface area contributed by atoms with E-state index in [2.05, 4.69) is 10.3 Å². The third-order valence-corrected chi connectivity index (χ3v) is 3.19. The van der Waals surface area contributed by atoms with Crippen molar-refractivity contribution in [2.45, 2.75) is 12.8 Å². The SMILES string of the molecule is Nc1ccc(Cl)c(C(=O)NCC2CCCOC2)n1. The molecule has 2 heterocycles. The van der Waals surface area contributed by atoms with E-state index < -0.39 is 0 Å². The van der Waals surface area contributed by atoms with Crippen LogP contribution in [-0.2, 0) is 4.74 Å². The predicted octanol–water partition coefficient (Wildman–Crippen LogP) is 1.47. The Labute approximate surface area is 111 Å². The van der Waals surface area contributed by atoms with E-state index in [9.17, 15) is 4.79 Å². The van der Waals surface area contributed by atoms with Crippen LogP contribution < -0.4 is 11.1 Å². The summed E-state index contributed by atoms with van der Waals surface area (Å²) in [5.41, 5.74) is 5.71. The summed E-state index contributed by atoms with van der Waals surface area (Å²) < 4.78 is 5.35. The van der Waals surface area contributed by atoms with Crippen molar-refractivity contribution in [3.05, 3.63) is 22.8 Å². The fraction of sp³-hybridized carbons (Fsp3) is 0.500. The Morgan fingerprint density at radius 2 is 2.44 bits per heavy atom. The fourth-order valence-corrected chi connectivity index (χ4v) is 2.10. The second kappa shape index (κ2) is 6.02. The molecule has 1 saturated heterocycles. The molecular formula is C12H16ClN3O2. The maximum absolute atomic E-state index is 11.9. The Kier molecular flexibility index (Phi) is 4.38. The molecule has 0 bridgehead atoms. The van der Waals surface area contributed by atoms with Gasteiger partial charge in [-0.2, -0.15) is 0 Å². The highest BCUT2D eigenvalue weighted by molar-refractivity contribution is 6.33. The average Bonchev–Trinajstić information content (AvgIpc) is 2.40.